The van der Waals surface area contributed by atoms with Crippen LogP contribution in [0.5, 0.6) is 5.75 Å². The van der Waals surface area contributed by atoms with E-state index in [0.29, 0.717) is 24.3 Å². The number of aromatic nitrogens is 3. The Morgan fingerprint density at radius 1 is 1.21 bits per heavy atom. The van der Waals surface area contributed by atoms with Crippen molar-refractivity contribution in [1.29, 1.82) is 0 Å². The van der Waals surface area contributed by atoms with Crippen LogP contribution in [0.3, 0.4) is 0 Å². The van der Waals surface area contributed by atoms with Crippen LogP contribution in [0, 0.1) is 11.6 Å². The number of amides is 1. The number of rotatable bonds is 4. The molecule has 0 bridgehead atoms. The third-order valence-electron chi connectivity index (χ3n) is 5.91. The first kappa shape index (κ1) is 22.3. The van der Waals surface area contributed by atoms with Crippen molar-refractivity contribution in [2.75, 3.05) is 6.61 Å². The summed E-state index contributed by atoms with van der Waals surface area (Å²) in [5.74, 6) is -1.74. The number of fused-ring (bicyclic) bond motifs is 2. The Bertz CT molecular complexity index is 1420. The van der Waals surface area contributed by atoms with Crippen molar-refractivity contribution in [2.24, 2.45) is 0 Å². The first-order valence-electron chi connectivity index (χ1n) is 10.9. The second-order valence-electron chi connectivity index (χ2n) is 8.42. The molecule has 0 fully saturated rings. The molecular weight excluding hydrogens is 462 g/mol. The van der Waals surface area contributed by atoms with Crippen molar-refractivity contribution in [1.82, 2.24) is 19.9 Å². The minimum atomic E-state index is -1.04. The van der Waals surface area contributed by atoms with Gasteiger partial charge in [0, 0.05) is 23.7 Å². The standard InChI is InChI=1S/C25H21ClF2N4O2/c1-13(2)22-16(25(33)30-18-10-11-34-19-9-4-3-6-14(18)19)12-29-24-20(23(26)31-32(22)24)15-7-5-8-17(27)21(15)28/h3-9,12-13,18H,10-11H2,1-2H3,(H,30,33)/t18-/m0/s1. The first-order valence-corrected chi connectivity index (χ1v) is 11.3. The Balaban J connectivity index is 1.59. The average Bonchev–Trinajstić information content (AvgIpc) is 3.15. The van der Waals surface area contributed by atoms with Crippen molar-refractivity contribution in [3.05, 3.63) is 82.3 Å². The molecule has 1 aliphatic heterocycles. The summed E-state index contributed by atoms with van der Waals surface area (Å²) in [5.41, 5.74) is 2.17. The van der Waals surface area contributed by atoms with Crippen molar-refractivity contribution in [2.45, 2.75) is 32.2 Å². The summed E-state index contributed by atoms with van der Waals surface area (Å²) in [7, 11) is 0. The van der Waals surface area contributed by atoms with Gasteiger partial charge in [-0.15, -0.1) is 0 Å². The number of benzene rings is 2. The van der Waals surface area contributed by atoms with E-state index >= 15 is 0 Å². The number of halogens is 3. The smallest absolute Gasteiger partial charge is 0.255 e. The molecule has 1 amide bonds. The number of ether oxygens (including phenoxy) is 1. The van der Waals surface area contributed by atoms with E-state index in [4.69, 9.17) is 16.3 Å². The molecule has 5 rings (SSSR count). The van der Waals surface area contributed by atoms with E-state index < -0.39 is 11.6 Å². The summed E-state index contributed by atoms with van der Waals surface area (Å²) >= 11 is 6.37. The second-order valence-corrected chi connectivity index (χ2v) is 8.77. The van der Waals surface area contributed by atoms with Gasteiger partial charge in [-0.05, 0) is 18.1 Å². The predicted octanol–water partition coefficient (Wildman–Crippen LogP) is 5.70. The van der Waals surface area contributed by atoms with Gasteiger partial charge in [0.15, 0.2) is 22.4 Å². The Morgan fingerprint density at radius 3 is 2.79 bits per heavy atom. The molecule has 0 aliphatic carbocycles. The number of carbonyl (C=O) groups is 1. The highest BCUT2D eigenvalue weighted by Gasteiger charge is 2.28. The zero-order valence-corrected chi connectivity index (χ0v) is 19.2. The molecule has 3 heterocycles. The molecule has 4 aromatic rings. The minimum absolute atomic E-state index is 0.0326. The maximum Gasteiger partial charge on any atom is 0.255 e. The number of para-hydroxylation sites is 1. The molecule has 0 saturated heterocycles. The zero-order valence-electron chi connectivity index (χ0n) is 18.5. The molecule has 2 aromatic heterocycles. The predicted molar refractivity (Wildman–Crippen MR) is 124 cm³/mol. The van der Waals surface area contributed by atoms with E-state index in [9.17, 15) is 13.6 Å². The molecule has 0 unspecified atom stereocenters. The molecule has 0 saturated carbocycles. The topological polar surface area (TPSA) is 68.5 Å². The van der Waals surface area contributed by atoms with Crippen LogP contribution in [0.25, 0.3) is 16.8 Å². The van der Waals surface area contributed by atoms with Gasteiger partial charge in [0.2, 0.25) is 0 Å². The van der Waals surface area contributed by atoms with Gasteiger partial charge in [0.1, 0.15) is 5.75 Å². The fourth-order valence-electron chi connectivity index (χ4n) is 4.36. The summed E-state index contributed by atoms with van der Waals surface area (Å²) in [4.78, 5) is 17.8. The average molecular weight is 483 g/mol. The molecule has 9 heteroatoms. The highest BCUT2D eigenvalue weighted by molar-refractivity contribution is 6.33. The van der Waals surface area contributed by atoms with E-state index in [-0.39, 0.29) is 39.8 Å². The van der Waals surface area contributed by atoms with Crippen LogP contribution in [0.2, 0.25) is 5.15 Å². The van der Waals surface area contributed by atoms with Crippen molar-refractivity contribution in [3.63, 3.8) is 0 Å². The minimum Gasteiger partial charge on any atom is -0.493 e. The van der Waals surface area contributed by atoms with E-state index in [2.05, 4.69) is 15.4 Å². The molecule has 1 atom stereocenters. The fraction of sp³-hybridized carbons (Fsp3) is 0.240. The van der Waals surface area contributed by atoms with E-state index in [1.165, 1.54) is 22.8 Å². The maximum absolute atomic E-state index is 14.5. The van der Waals surface area contributed by atoms with Gasteiger partial charge >= 0.3 is 0 Å². The molecule has 34 heavy (non-hydrogen) atoms. The molecule has 174 valence electrons. The van der Waals surface area contributed by atoms with Gasteiger partial charge < -0.3 is 10.1 Å². The molecule has 1 aliphatic rings. The van der Waals surface area contributed by atoms with Gasteiger partial charge in [0.05, 0.1) is 29.5 Å². The summed E-state index contributed by atoms with van der Waals surface area (Å²) < 4.78 is 35.6. The van der Waals surface area contributed by atoms with Gasteiger partial charge in [-0.25, -0.2) is 18.3 Å². The lowest BCUT2D eigenvalue weighted by molar-refractivity contribution is 0.0922. The molecule has 1 N–H and O–H groups in total. The maximum atomic E-state index is 14.5. The fourth-order valence-corrected chi connectivity index (χ4v) is 4.63. The third kappa shape index (κ3) is 3.68. The number of nitrogens with zero attached hydrogens (tertiary/aromatic N) is 3. The molecular formula is C25H21ClF2N4O2. The Morgan fingerprint density at radius 2 is 2.00 bits per heavy atom. The molecule has 6 nitrogen and oxygen atoms in total. The summed E-state index contributed by atoms with van der Waals surface area (Å²) in [6, 6.07) is 11.2. The van der Waals surface area contributed by atoms with Gasteiger partial charge in [-0.1, -0.05) is 55.8 Å². The quantitative estimate of drug-likeness (QED) is 0.405. The van der Waals surface area contributed by atoms with Crippen LogP contribution in [0.1, 0.15) is 53.8 Å². The number of carbonyl (C=O) groups excluding carboxylic acids is 1. The summed E-state index contributed by atoms with van der Waals surface area (Å²) in [6.45, 7) is 4.31. The van der Waals surface area contributed by atoms with Crippen LogP contribution in [0.4, 0.5) is 8.78 Å². The van der Waals surface area contributed by atoms with E-state index in [1.54, 1.807) is 0 Å². The highest BCUT2D eigenvalue weighted by atomic mass is 35.5. The third-order valence-corrected chi connectivity index (χ3v) is 6.18. The lowest BCUT2D eigenvalue weighted by Gasteiger charge is -2.27. The Hall–Kier alpha value is -3.52. The number of hydrogen-bond acceptors (Lipinski definition) is 4. The molecule has 0 radical (unpaired) electrons. The molecule has 2 aromatic carbocycles. The van der Waals surface area contributed by atoms with Crippen LogP contribution >= 0.6 is 11.6 Å². The Labute approximate surface area is 199 Å². The van der Waals surface area contributed by atoms with Gasteiger partial charge in [-0.3, -0.25) is 4.79 Å². The van der Waals surface area contributed by atoms with Crippen molar-refractivity contribution >= 4 is 23.2 Å². The van der Waals surface area contributed by atoms with Crippen molar-refractivity contribution in [3.8, 4) is 16.9 Å². The van der Waals surface area contributed by atoms with Gasteiger partial charge in [-0.2, -0.15) is 5.10 Å². The van der Waals surface area contributed by atoms with E-state index in [1.807, 2.05) is 38.1 Å². The number of hydrogen-bond donors (Lipinski definition) is 1. The second kappa shape index (κ2) is 8.68. The zero-order chi connectivity index (χ0) is 24.0. The van der Waals surface area contributed by atoms with Crippen LogP contribution < -0.4 is 10.1 Å². The lowest BCUT2D eigenvalue weighted by atomic mass is 9.99. The lowest BCUT2D eigenvalue weighted by Crippen LogP contribution is -2.33. The van der Waals surface area contributed by atoms with Gasteiger partial charge in [0.25, 0.3) is 5.91 Å². The summed E-state index contributed by atoms with van der Waals surface area (Å²) in [6.07, 6.45) is 2.07. The monoisotopic (exact) mass is 482 g/mol. The van der Waals surface area contributed by atoms with E-state index in [0.717, 1.165) is 17.4 Å². The van der Waals surface area contributed by atoms with Crippen LogP contribution in [0.15, 0.2) is 48.7 Å². The Kier molecular flexibility index (Phi) is 5.69. The molecule has 0 spiro atoms. The van der Waals surface area contributed by atoms with Crippen LogP contribution in [-0.2, 0) is 0 Å². The van der Waals surface area contributed by atoms with Crippen LogP contribution in [-0.4, -0.2) is 27.1 Å². The highest BCUT2D eigenvalue weighted by Crippen LogP contribution is 2.36. The summed E-state index contributed by atoms with van der Waals surface area (Å²) in [5, 5.41) is 7.38. The largest absolute Gasteiger partial charge is 0.493 e. The normalized spacial score (nSPS) is 15.3. The number of nitrogens with one attached hydrogen (secondary N) is 1. The first-order chi connectivity index (χ1) is 16.4. The SMILES string of the molecule is CC(C)c1c(C(=O)N[C@H]2CCOc3ccccc32)cnc2c(-c3cccc(F)c3F)c(Cl)nn12. The van der Waals surface area contributed by atoms with Crippen molar-refractivity contribution < 1.29 is 18.3 Å².